The molecule has 1 heteroatoms. The molecule has 0 radical (unpaired) electrons. The average Bonchev–Trinajstić information content (AvgIpc) is 3.20. The molecule has 0 aromatic heterocycles. The Bertz CT molecular complexity index is 554. The Balaban J connectivity index is 1.75. The van der Waals surface area contributed by atoms with Gasteiger partial charge in [0.05, 0.1) is 0 Å². The number of hydrogen-bond acceptors (Lipinski definition) is 1. The zero-order chi connectivity index (χ0) is 12.5. The normalized spacial score (nSPS) is 21.6. The highest BCUT2D eigenvalue weighted by Crippen LogP contribution is 2.49. The summed E-state index contributed by atoms with van der Waals surface area (Å²) in [6.07, 6.45) is 0.997. The molecule has 1 fully saturated rings. The van der Waals surface area contributed by atoms with E-state index >= 15 is 0 Å². The van der Waals surface area contributed by atoms with Crippen LogP contribution in [0.5, 0.6) is 0 Å². The lowest BCUT2D eigenvalue weighted by molar-refractivity contribution is 0.0965. The van der Waals surface area contributed by atoms with Crippen LogP contribution in [0.3, 0.4) is 0 Å². The Kier molecular flexibility index (Phi) is 2.75. The maximum atomic E-state index is 12.3. The summed E-state index contributed by atoms with van der Waals surface area (Å²) in [4.78, 5) is 12.3. The number of carbonyl (C=O) groups is 1. The van der Waals surface area contributed by atoms with E-state index < -0.39 is 0 Å². The third kappa shape index (κ3) is 2.08. The average molecular weight is 236 g/mol. The number of carbonyl (C=O) groups excluding carboxylic acids is 1. The van der Waals surface area contributed by atoms with Gasteiger partial charge < -0.3 is 0 Å². The molecule has 1 aliphatic carbocycles. The minimum Gasteiger partial charge on any atom is -0.294 e. The first kappa shape index (κ1) is 11.2. The van der Waals surface area contributed by atoms with Crippen molar-refractivity contribution in [1.29, 1.82) is 0 Å². The van der Waals surface area contributed by atoms with Gasteiger partial charge in [-0.25, -0.2) is 0 Å². The molecule has 2 aromatic rings. The predicted molar refractivity (Wildman–Crippen MR) is 72.8 cm³/mol. The highest BCUT2D eigenvalue weighted by molar-refractivity contribution is 6.00. The van der Waals surface area contributed by atoms with Crippen molar-refractivity contribution in [2.75, 3.05) is 0 Å². The Morgan fingerprint density at radius 2 is 1.67 bits per heavy atom. The molecule has 1 saturated carbocycles. The van der Waals surface area contributed by atoms with Crippen LogP contribution in [0.25, 0.3) is 0 Å². The fraction of sp³-hybridized carbons (Fsp3) is 0.235. The standard InChI is InChI=1S/C17H16O/c1-12-7-9-14(10-8-12)17(18)16-11-15(16)13-5-3-2-4-6-13/h2-10,15-16H,11H2,1H3. The van der Waals surface area contributed by atoms with E-state index in [0.717, 1.165) is 12.0 Å². The van der Waals surface area contributed by atoms with Crippen molar-refractivity contribution in [3.8, 4) is 0 Å². The molecule has 1 aliphatic rings. The fourth-order valence-electron chi connectivity index (χ4n) is 2.49. The minimum atomic E-state index is 0.190. The van der Waals surface area contributed by atoms with E-state index in [2.05, 4.69) is 12.1 Å². The van der Waals surface area contributed by atoms with Gasteiger partial charge in [0, 0.05) is 11.5 Å². The summed E-state index contributed by atoms with van der Waals surface area (Å²) in [5.74, 6) is 0.916. The van der Waals surface area contributed by atoms with Gasteiger partial charge in [-0.1, -0.05) is 60.2 Å². The van der Waals surface area contributed by atoms with Crippen molar-refractivity contribution in [3.05, 3.63) is 71.3 Å². The molecule has 0 amide bonds. The lowest BCUT2D eigenvalue weighted by Crippen LogP contribution is -2.02. The lowest BCUT2D eigenvalue weighted by atomic mass is 10.0. The van der Waals surface area contributed by atoms with Crippen LogP contribution in [-0.4, -0.2) is 5.78 Å². The number of aryl methyl sites for hydroxylation is 1. The molecule has 2 unspecified atom stereocenters. The fourth-order valence-corrected chi connectivity index (χ4v) is 2.49. The molecule has 0 spiro atoms. The molecule has 0 heterocycles. The Hall–Kier alpha value is -1.89. The van der Waals surface area contributed by atoms with E-state index in [9.17, 15) is 4.79 Å². The molecule has 2 atom stereocenters. The molecular weight excluding hydrogens is 220 g/mol. The Labute approximate surface area is 107 Å². The van der Waals surface area contributed by atoms with Gasteiger partial charge in [0.2, 0.25) is 0 Å². The van der Waals surface area contributed by atoms with Crippen LogP contribution >= 0.6 is 0 Å². The van der Waals surface area contributed by atoms with Gasteiger partial charge in [-0.05, 0) is 24.8 Å². The van der Waals surface area contributed by atoms with Gasteiger partial charge >= 0.3 is 0 Å². The van der Waals surface area contributed by atoms with Gasteiger partial charge in [-0.3, -0.25) is 4.79 Å². The van der Waals surface area contributed by atoms with E-state index in [-0.39, 0.29) is 5.92 Å². The summed E-state index contributed by atoms with van der Waals surface area (Å²) < 4.78 is 0. The van der Waals surface area contributed by atoms with Gasteiger partial charge in [-0.15, -0.1) is 0 Å². The summed E-state index contributed by atoms with van der Waals surface area (Å²) in [5, 5.41) is 0. The predicted octanol–water partition coefficient (Wildman–Crippen LogP) is 3.98. The zero-order valence-corrected chi connectivity index (χ0v) is 10.5. The van der Waals surface area contributed by atoms with E-state index in [4.69, 9.17) is 0 Å². The molecule has 90 valence electrons. The highest BCUT2D eigenvalue weighted by atomic mass is 16.1. The minimum absolute atomic E-state index is 0.190. The van der Waals surface area contributed by atoms with Crippen LogP contribution in [0.15, 0.2) is 54.6 Å². The number of ketones is 1. The number of hydrogen-bond donors (Lipinski definition) is 0. The third-order valence-electron chi connectivity index (χ3n) is 3.69. The first-order valence-corrected chi connectivity index (χ1v) is 6.41. The topological polar surface area (TPSA) is 17.1 Å². The quantitative estimate of drug-likeness (QED) is 0.737. The van der Waals surface area contributed by atoms with Crippen molar-refractivity contribution < 1.29 is 4.79 Å². The second kappa shape index (κ2) is 4.41. The van der Waals surface area contributed by atoms with Crippen molar-refractivity contribution in [3.63, 3.8) is 0 Å². The smallest absolute Gasteiger partial charge is 0.166 e. The van der Waals surface area contributed by atoms with Crippen molar-refractivity contribution in [2.24, 2.45) is 5.92 Å². The first-order valence-electron chi connectivity index (χ1n) is 6.41. The molecule has 2 aromatic carbocycles. The summed E-state index contributed by atoms with van der Waals surface area (Å²) >= 11 is 0. The highest BCUT2D eigenvalue weighted by Gasteiger charge is 2.43. The molecule has 0 aliphatic heterocycles. The number of Topliss-reactive ketones (excluding diaryl/α,β-unsaturated/α-hetero) is 1. The summed E-state index contributed by atoms with van der Waals surface area (Å²) in [6.45, 7) is 2.04. The molecule has 18 heavy (non-hydrogen) atoms. The Morgan fingerprint density at radius 1 is 1.00 bits per heavy atom. The van der Waals surface area contributed by atoms with E-state index in [1.54, 1.807) is 0 Å². The lowest BCUT2D eigenvalue weighted by Gasteiger charge is -2.01. The van der Waals surface area contributed by atoms with Crippen LogP contribution in [0.1, 0.15) is 33.8 Å². The van der Waals surface area contributed by atoms with E-state index in [1.165, 1.54) is 11.1 Å². The SMILES string of the molecule is Cc1ccc(C(=O)C2CC2c2ccccc2)cc1. The molecule has 0 saturated heterocycles. The molecule has 1 nitrogen and oxygen atoms in total. The van der Waals surface area contributed by atoms with E-state index in [1.807, 2.05) is 49.4 Å². The number of benzene rings is 2. The zero-order valence-electron chi connectivity index (χ0n) is 10.5. The largest absolute Gasteiger partial charge is 0.294 e. The van der Waals surface area contributed by atoms with Gasteiger partial charge in [0.15, 0.2) is 5.78 Å². The maximum absolute atomic E-state index is 12.3. The van der Waals surface area contributed by atoms with Crippen LogP contribution in [0, 0.1) is 12.8 Å². The Morgan fingerprint density at radius 3 is 2.33 bits per heavy atom. The molecule has 3 rings (SSSR count). The van der Waals surface area contributed by atoms with Gasteiger partial charge in [0.1, 0.15) is 0 Å². The summed E-state index contributed by atoms with van der Waals surface area (Å²) in [6, 6.07) is 18.2. The van der Waals surface area contributed by atoms with Gasteiger partial charge in [0.25, 0.3) is 0 Å². The first-order chi connectivity index (χ1) is 8.75. The monoisotopic (exact) mass is 236 g/mol. The van der Waals surface area contributed by atoms with Crippen molar-refractivity contribution in [2.45, 2.75) is 19.3 Å². The second-order valence-corrected chi connectivity index (χ2v) is 5.09. The number of rotatable bonds is 3. The van der Waals surface area contributed by atoms with Crippen LogP contribution < -0.4 is 0 Å². The van der Waals surface area contributed by atoms with Crippen molar-refractivity contribution in [1.82, 2.24) is 0 Å². The summed E-state index contributed by atoms with van der Waals surface area (Å²) in [7, 11) is 0. The van der Waals surface area contributed by atoms with E-state index in [0.29, 0.717) is 11.7 Å². The van der Waals surface area contributed by atoms with Crippen LogP contribution in [0.2, 0.25) is 0 Å². The second-order valence-electron chi connectivity index (χ2n) is 5.09. The third-order valence-corrected chi connectivity index (χ3v) is 3.69. The van der Waals surface area contributed by atoms with Gasteiger partial charge in [-0.2, -0.15) is 0 Å². The maximum Gasteiger partial charge on any atom is 0.166 e. The van der Waals surface area contributed by atoms with Crippen LogP contribution in [0.4, 0.5) is 0 Å². The van der Waals surface area contributed by atoms with Crippen LogP contribution in [-0.2, 0) is 0 Å². The van der Waals surface area contributed by atoms with Crippen molar-refractivity contribution >= 4 is 5.78 Å². The molecular formula is C17H16O. The molecule has 0 N–H and O–H groups in total. The molecule has 0 bridgehead atoms. The summed E-state index contributed by atoms with van der Waals surface area (Å²) in [5.41, 5.74) is 3.34.